The molecular formula is C29H40N8O2. The molecule has 0 radical (unpaired) electrons. The number of rotatable bonds is 5. The van der Waals surface area contributed by atoms with Gasteiger partial charge in [-0.15, -0.1) is 0 Å². The fourth-order valence-electron chi connectivity index (χ4n) is 6.72. The number of nitrogens with zero attached hydrogens (tertiary/aromatic N) is 8. The summed E-state index contributed by atoms with van der Waals surface area (Å²) in [6.45, 7) is 7.25. The number of fused-ring (bicyclic) bond motifs is 1. The molecule has 208 valence electrons. The van der Waals surface area contributed by atoms with E-state index < -0.39 is 6.04 Å². The van der Waals surface area contributed by atoms with Gasteiger partial charge in [0, 0.05) is 70.2 Å². The van der Waals surface area contributed by atoms with Gasteiger partial charge in [-0.3, -0.25) is 19.6 Å². The maximum Gasteiger partial charge on any atom is 0.245 e. The molecule has 1 saturated carbocycles. The number of piperazine rings is 1. The zero-order chi connectivity index (χ0) is 26.8. The molecule has 0 aromatic carbocycles. The Morgan fingerprint density at radius 1 is 0.821 bits per heavy atom. The van der Waals surface area contributed by atoms with E-state index in [0.717, 1.165) is 67.8 Å². The summed E-state index contributed by atoms with van der Waals surface area (Å²) in [6.07, 6.45) is 13.2. The molecule has 1 unspecified atom stereocenters. The zero-order valence-corrected chi connectivity index (χ0v) is 23.0. The highest BCUT2D eigenvalue weighted by Crippen LogP contribution is 2.34. The van der Waals surface area contributed by atoms with Crippen LogP contribution in [-0.2, 0) is 22.6 Å². The molecule has 1 aliphatic carbocycles. The Hall–Kier alpha value is -3.30. The average Bonchev–Trinajstić information content (AvgIpc) is 3.55. The Balaban J connectivity index is 1.14. The van der Waals surface area contributed by atoms with Gasteiger partial charge in [0.15, 0.2) is 0 Å². The quantitative estimate of drug-likeness (QED) is 0.580. The summed E-state index contributed by atoms with van der Waals surface area (Å²) in [5, 5.41) is 0. The molecule has 5 heterocycles. The summed E-state index contributed by atoms with van der Waals surface area (Å²) >= 11 is 0. The van der Waals surface area contributed by atoms with Crippen LogP contribution >= 0.6 is 0 Å². The van der Waals surface area contributed by atoms with Crippen molar-refractivity contribution in [2.24, 2.45) is 11.8 Å². The van der Waals surface area contributed by atoms with Gasteiger partial charge in [-0.1, -0.05) is 13.3 Å². The SMILES string of the molecule is CCC1CCC(C(=O)N2Cc3nccnc3CC2C(=O)N2CCN(c3ccnc(N4CCCC4)n3)CC2)CC1. The molecule has 2 amide bonds. The average molecular weight is 533 g/mol. The molecule has 10 nitrogen and oxygen atoms in total. The van der Waals surface area contributed by atoms with Crippen molar-refractivity contribution in [2.45, 2.75) is 70.9 Å². The van der Waals surface area contributed by atoms with E-state index in [1.807, 2.05) is 22.1 Å². The molecule has 2 aromatic heterocycles. The second-order valence-electron chi connectivity index (χ2n) is 11.5. The fourth-order valence-corrected chi connectivity index (χ4v) is 6.72. The van der Waals surface area contributed by atoms with E-state index in [1.165, 1.54) is 19.3 Å². The van der Waals surface area contributed by atoms with Gasteiger partial charge in [-0.2, -0.15) is 4.98 Å². The van der Waals surface area contributed by atoms with Crippen LogP contribution in [0.3, 0.4) is 0 Å². The van der Waals surface area contributed by atoms with Crippen LogP contribution in [0.15, 0.2) is 24.7 Å². The first-order chi connectivity index (χ1) is 19.1. The van der Waals surface area contributed by atoms with Crippen molar-refractivity contribution in [1.29, 1.82) is 0 Å². The van der Waals surface area contributed by atoms with Gasteiger partial charge >= 0.3 is 0 Å². The van der Waals surface area contributed by atoms with Gasteiger partial charge in [0.25, 0.3) is 0 Å². The number of anilines is 2. The van der Waals surface area contributed by atoms with E-state index in [2.05, 4.69) is 31.7 Å². The molecule has 4 aliphatic rings. The third-order valence-corrected chi connectivity index (χ3v) is 9.22. The topological polar surface area (TPSA) is 98.7 Å². The van der Waals surface area contributed by atoms with Crippen LogP contribution in [0.4, 0.5) is 11.8 Å². The fraction of sp³-hybridized carbons (Fsp3) is 0.655. The molecule has 0 N–H and O–H groups in total. The number of aromatic nitrogens is 4. The second kappa shape index (κ2) is 11.4. The first-order valence-corrected chi connectivity index (χ1v) is 14.8. The highest BCUT2D eigenvalue weighted by Gasteiger charge is 2.41. The number of hydrogen-bond acceptors (Lipinski definition) is 8. The van der Waals surface area contributed by atoms with Crippen molar-refractivity contribution in [3.05, 3.63) is 36.0 Å². The van der Waals surface area contributed by atoms with E-state index in [4.69, 9.17) is 4.98 Å². The van der Waals surface area contributed by atoms with Gasteiger partial charge in [-0.05, 0) is 50.5 Å². The Labute approximate surface area is 230 Å². The molecule has 0 bridgehead atoms. The molecule has 39 heavy (non-hydrogen) atoms. The Morgan fingerprint density at radius 2 is 1.54 bits per heavy atom. The molecule has 2 saturated heterocycles. The summed E-state index contributed by atoms with van der Waals surface area (Å²) in [6, 6.07) is 1.44. The maximum atomic E-state index is 14.0. The Kier molecular flexibility index (Phi) is 7.61. The van der Waals surface area contributed by atoms with Crippen molar-refractivity contribution in [3.63, 3.8) is 0 Å². The van der Waals surface area contributed by atoms with E-state index in [9.17, 15) is 9.59 Å². The third kappa shape index (κ3) is 5.43. The third-order valence-electron chi connectivity index (χ3n) is 9.22. The standard InChI is InChI=1S/C29H40N8O2/c1-2-21-5-7-22(8-6-21)27(38)37-20-24-23(30-11-12-31-24)19-25(37)28(39)35-17-15-34(16-18-35)26-9-10-32-29(33-26)36-13-3-4-14-36/h9-12,21-22,25H,2-8,13-20H2,1H3. The zero-order valence-electron chi connectivity index (χ0n) is 23.0. The van der Waals surface area contributed by atoms with Crippen LogP contribution in [0.25, 0.3) is 0 Å². The predicted molar refractivity (Wildman–Crippen MR) is 148 cm³/mol. The van der Waals surface area contributed by atoms with Crippen LogP contribution in [0.1, 0.15) is 63.3 Å². The van der Waals surface area contributed by atoms with Crippen LogP contribution in [-0.4, -0.2) is 86.9 Å². The van der Waals surface area contributed by atoms with E-state index in [0.29, 0.717) is 39.1 Å². The largest absolute Gasteiger partial charge is 0.353 e. The summed E-state index contributed by atoms with van der Waals surface area (Å²) in [7, 11) is 0. The van der Waals surface area contributed by atoms with Crippen molar-refractivity contribution in [3.8, 4) is 0 Å². The van der Waals surface area contributed by atoms with Crippen molar-refractivity contribution < 1.29 is 9.59 Å². The van der Waals surface area contributed by atoms with Gasteiger partial charge in [0.2, 0.25) is 17.8 Å². The van der Waals surface area contributed by atoms with Gasteiger partial charge < -0.3 is 19.6 Å². The summed E-state index contributed by atoms with van der Waals surface area (Å²) in [5.74, 6) is 2.58. The van der Waals surface area contributed by atoms with Gasteiger partial charge in [0.1, 0.15) is 11.9 Å². The molecule has 0 spiro atoms. The van der Waals surface area contributed by atoms with E-state index >= 15 is 0 Å². The summed E-state index contributed by atoms with van der Waals surface area (Å²) in [4.78, 5) is 54.4. The lowest BCUT2D eigenvalue weighted by molar-refractivity contribution is -0.150. The lowest BCUT2D eigenvalue weighted by Gasteiger charge is -2.42. The number of amides is 2. The summed E-state index contributed by atoms with van der Waals surface area (Å²) in [5.41, 5.74) is 1.66. The molecule has 3 fully saturated rings. The minimum Gasteiger partial charge on any atom is -0.353 e. The predicted octanol–water partition coefficient (Wildman–Crippen LogP) is 2.69. The monoisotopic (exact) mass is 532 g/mol. The Bertz CT molecular complexity index is 1170. The first kappa shape index (κ1) is 26.0. The molecule has 6 rings (SSSR count). The molecule has 3 aliphatic heterocycles. The smallest absolute Gasteiger partial charge is 0.245 e. The van der Waals surface area contributed by atoms with Crippen LogP contribution in [0.5, 0.6) is 0 Å². The van der Waals surface area contributed by atoms with Crippen LogP contribution in [0.2, 0.25) is 0 Å². The second-order valence-corrected chi connectivity index (χ2v) is 11.5. The molecular weight excluding hydrogens is 492 g/mol. The highest BCUT2D eigenvalue weighted by molar-refractivity contribution is 5.89. The van der Waals surface area contributed by atoms with E-state index in [1.54, 1.807) is 12.4 Å². The maximum absolute atomic E-state index is 14.0. The lowest BCUT2D eigenvalue weighted by atomic mass is 9.80. The molecule has 10 heteroatoms. The van der Waals surface area contributed by atoms with Gasteiger partial charge in [-0.25, -0.2) is 4.98 Å². The first-order valence-electron chi connectivity index (χ1n) is 14.8. The normalized spacial score (nSPS) is 25.5. The number of hydrogen-bond donors (Lipinski definition) is 0. The van der Waals surface area contributed by atoms with Crippen LogP contribution < -0.4 is 9.80 Å². The minimum absolute atomic E-state index is 0.000682. The number of carbonyl (C=O) groups excluding carboxylic acids is 2. The number of carbonyl (C=O) groups is 2. The van der Waals surface area contributed by atoms with Crippen molar-refractivity contribution in [1.82, 2.24) is 29.7 Å². The van der Waals surface area contributed by atoms with E-state index in [-0.39, 0.29) is 17.7 Å². The summed E-state index contributed by atoms with van der Waals surface area (Å²) < 4.78 is 0. The molecule has 2 aromatic rings. The highest BCUT2D eigenvalue weighted by atomic mass is 16.2. The Morgan fingerprint density at radius 3 is 2.26 bits per heavy atom. The van der Waals surface area contributed by atoms with Crippen molar-refractivity contribution >= 4 is 23.6 Å². The minimum atomic E-state index is -0.516. The van der Waals surface area contributed by atoms with Crippen LogP contribution in [0, 0.1) is 11.8 Å². The van der Waals surface area contributed by atoms with Crippen molar-refractivity contribution in [2.75, 3.05) is 49.1 Å². The van der Waals surface area contributed by atoms with Gasteiger partial charge in [0.05, 0.1) is 17.9 Å². The lowest BCUT2D eigenvalue weighted by Crippen LogP contribution is -2.58. The molecule has 1 atom stereocenters.